The third-order valence-corrected chi connectivity index (χ3v) is 6.48. The molecule has 2 N–H and O–H groups in total. The second-order valence-electron chi connectivity index (χ2n) is 9.18. The number of hydrogen-bond donors (Lipinski definition) is 1. The molecule has 2 aromatic carbocycles. The fourth-order valence-corrected chi connectivity index (χ4v) is 4.90. The number of carbonyl (C=O) groups is 1. The number of nitrogens with two attached hydrogens (primary N) is 1. The summed E-state index contributed by atoms with van der Waals surface area (Å²) in [6.45, 7) is 6.14. The van der Waals surface area contributed by atoms with Crippen LogP contribution in [-0.2, 0) is 4.79 Å². The van der Waals surface area contributed by atoms with E-state index in [1.807, 2.05) is 54.3 Å². The van der Waals surface area contributed by atoms with Gasteiger partial charge in [-0.3, -0.25) is 9.69 Å². The van der Waals surface area contributed by atoms with E-state index >= 15 is 0 Å². The molecule has 1 atom stereocenters. The molecule has 0 amide bonds. The molecule has 2 aromatic rings. The molecule has 1 aliphatic carbocycles. The van der Waals surface area contributed by atoms with Crippen LogP contribution in [-0.4, -0.2) is 12.9 Å². The summed E-state index contributed by atoms with van der Waals surface area (Å²) < 4.78 is 5.28. The van der Waals surface area contributed by atoms with Gasteiger partial charge in [0.05, 0.1) is 30.4 Å². The predicted octanol–water partition coefficient (Wildman–Crippen LogP) is 5.60. The van der Waals surface area contributed by atoms with Crippen LogP contribution in [0.25, 0.3) is 0 Å². The number of halogens is 1. The first-order chi connectivity index (χ1) is 15.2. The number of Topliss-reactive ketones (excluding diaryl/α,β-unsaturated/α-hetero) is 1. The fraction of sp³-hybridized carbons (Fsp3) is 0.308. The molecule has 32 heavy (non-hydrogen) atoms. The Labute approximate surface area is 193 Å². The van der Waals surface area contributed by atoms with Gasteiger partial charge in [0, 0.05) is 22.7 Å². The molecule has 0 aromatic heterocycles. The third kappa shape index (κ3) is 3.65. The van der Waals surface area contributed by atoms with Gasteiger partial charge in [-0.1, -0.05) is 43.6 Å². The monoisotopic (exact) mass is 447 g/mol. The van der Waals surface area contributed by atoms with Crippen molar-refractivity contribution in [2.45, 2.75) is 39.5 Å². The molecule has 164 valence electrons. The van der Waals surface area contributed by atoms with Gasteiger partial charge >= 0.3 is 0 Å². The van der Waals surface area contributed by atoms with Gasteiger partial charge in [0.15, 0.2) is 5.78 Å². The Morgan fingerprint density at radius 1 is 1.19 bits per heavy atom. The van der Waals surface area contributed by atoms with E-state index in [2.05, 4.69) is 19.9 Å². The number of benzene rings is 2. The third-order valence-electron chi connectivity index (χ3n) is 6.24. The number of allylic oxidation sites excluding steroid dienone is 3. The Morgan fingerprint density at radius 2 is 1.88 bits per heavy atom. The highest BCUT2D eigenvalue weighted by atomic mass is 35.5. The average Bonchev–Trinajstić information content (AvgIpc) is 2.74. The van der Waals surface area contributed by atoms with Gasteiger partial charge in [-0.25, -0.2) is 0 Å². The van der Waals surface area contributed by atoms with E-state index in [9.17, 15) is 10.1 Å². The molecule has 5 nitrogen and oxygen atoms in total. The minimum Gasteiger partial charge on any atom is -0.497 e. The maximum absolute atomic E-state index is 13.5. The van der Waals surface area contributed by atoms with E-state index in [-0.39, 0.29) is 11.2 Å². The normalized spacial score (nSPS) is 20.2. The Balaban J connectivity index is 2.00. The van der Waals surface area contributed by atoms with Gasteiger partial charge in [0.1, 0.15) is 11.6 Å². The summed E-state index contributed by atoms with van der Waals surface area (Å²) in [5, 5.41) is 10.7. The highest BCUT2D eigenvalue weighted by Crippen LogP contribution is 2.50. The minimum absolute atomic E-state index is 0.0435. The zero-order valence-electron chi connectivity index (χ0n) is 18.7. The lowest BCUT2D eigenvalue weighted by molar-refractivity contribution is -0.118. The lowest BCUT2D eigenvalue weighted by atomic mass is 9.68. The van der Waals surface area contributed by atoms with E-state index in [4.69, 9.17) is 22.1 Å². The summed E-state index contributed by atoms with van der Waals surface area (Å²) in [4.78, 5) is 15.4. The largest absolute Gasteiger partial charge is 0.497 e. The van der Waals surface area contributed by atoms with Gasteiger partial charge in [-0.05, 0) is 54.2 Å². The smallest absolute Gasteiger partial charge is 0.162 e. The molecule has 0 saturated heterocycles. The summed E-state index contributed by atoms with van der Waals surface area (Å²) >= 11 is 6.32. The van der Waals surface area contributed by atoms with Crippen molar-refractivity contribution in [1.82, 2.24) is 0 Å². The standard InChI is InChI=1S/C26H26ClN3O2/c1-15-5-8-17(27)11-20(15)30-21-12-26(2,3)13-22(31)24(21)23(19(14-28)25(30)29)16-6-9-18(32-4)10-7-16/h5-11,23H,12-13,29H2,1-4H3/t23-/m0/s1. The van der Waals surface area contributed by atoms with Crippen LogP contribution in [0.5, 0.6) is 5.75 Å². The molecule has 0 radical (unpaired) electrons. The van der Waals surface area contributed by atoms with Crippen molar-refractivity contribution in [1.29, 1.82) is 5.26 Å². The minimum atomic E-state index is -0.514. The number of ketones is 1. The lowest BCUT2D eigenvalue weighted by Crippen LogP contribution is -2.42. The highest BCUT2D eigenvalue weighted by Gasteiger charge is 2.44. The summed E-state index contributed by atoms with van der Waals surface area (Å²) in [6, 6.07) is 15.3. The molecule has 1 aliphatic heterocycles. The first-order valence-corrected chi connectivity index (χ1v) is 10.9. The number of hydrogen-bond acceptors (Lipinski definition) is 5. The van der Waals surface area contributed by atoms with Gasteiger partial charge in [0.25, 0.3) is 0 Å². The van der Waals surface area contributed by atoms with Crippen LogP contribution in [0.3, 0.4) is 0 Å². The predicted molar refractivity (Wildman–Crippen MR) is 126 cm³/mol. The zero-order valence-corrected chi connectivity index (χ0v) is 19.5. The fourth-order valence-electron chi connectivity index (χ4n) is 4.74. The summed E-state index contributed by atoms with van der Waals surface area (Å²) in [6.07, 6.45) is 1.07. The molecular formula is C26H26ClN3O2. The number of rotatable bonds is 3. The Kier molecular flexibility index (Phi) is 5.52. The van der Waals surface area contributed by atoms with E-state index in [1.165, 1.54) is 0 Å². The summed E-state index contributed by atoms with van der Waals surface area (Å²) in [5.41, 5.74) is 10.9. The van der Waals surface area contributed by atoms with Gasteiger partial charge < -0.3 is 10.5 Å². The number of ether oxygens (including phenoxy) is 1. The summed E-state index contributed by atoms with van der Waals surface area (Å²) in [5.74, 6) is 0.576. The van der Waals surface area contributed by atoms with Crippen LogP contribution < -0.4 is 15.4 Å². The molecule has 0 saturated carbocycles. The molecule has 2 aliphatic rings. The highest BCUT2D eigenvalue weighted by molar-refractivity contribution is 6.30. The van der Waals surface area contributed by atoms with Gasteiger partial charge in [0.2, 0.25) is 0 Å². The topological polar surface area (TPSA) is 79.3 Å². The SMILES string of the molecule is COc1ccc([C@H]2C(C#N)=C(N)N(c3cc(Cl)ccc3C)C3=C2C(=O)CC(C)(C)C3)cc1. The second kappa shape index (κ2) is 8.03. The van der Waals surface area contributed by atoms with Crippen LogP contribution in [0.15, 0.2) is 65.1 Å². The van der Waals surface area contributed by atoms with Crippen molar-refractivity contribution in [2.24, 2.45) is 11.1 Å². The van der Waals surface area contributed by atoms with E-state index in [1.54, 1.807) is 7.11 Å². The van der Waals surface area contributed by atoms with Crippen LogP contribution in [0.1, 0.15) is 43.7 Å². The zero-order chi connectivity index (χ0) is 23.2. The van der Waals surface area contributed by atoms with Gasteiger partial charge in [-0.15, -0.1) is 0 Å². The summed E-state index contributed by atoms with van der Waals surface area (Å²) in [7, 11) is 1.60. The molecule has 1 heterocycles. The molecule has 0 unspecified atom stereocenters. The van der Waals surface area contributed by atoms with E-state index < -0.39 is 5.92 Å². The van der Waals surface area contributed by atoms with Crippen LogP contribution in [0.4, 0.5) is 5.69 Å². The number of anilines is 1. The number of carbonyl (C=O) groups excluding carboxylic acids is 1. The molecular weight excluding hydrogens is 422 g/mol. The van der Waals surface area contributed by atoms with Crippen molar-refractivity contribution in [3.05, 3.63) is 81.3 Å². The maximum atomic E-state index is 13.5. The van der Waals surface area contributed by atoms with Crippen molar-refractivity contribution in [3.8, 4) is 11.8 Å². The number of aryl methyl sites for hydroxylation is 1. The quantitative estimate of drug-likeness (QED) is 0.662. The van der Waals surface area contributed by atoms with Crippen molar-refractivity contribution < 1.29 is 9.53 Å². The van der Waals surface area contributed by atoms with Crippen LogP contribution in [0.2, 0.25) is 5.02 Å². The van der Waals surface area contributed by atoms with E-state index in [0.717, 1.165) is 22.5 Å². The second-order valence-corrected chi connectivity index (χ2v) is 9.62. The number of nitriles is 1. The Hall–Kier alpha value is -3.23. The van der Waals surface area contributed by atoms with Crippen molar-refractivity contribution >= 4 is 23.1 Å². The molecule has 6 heteroatoms. The molecule has 4 rings (SSSR count). The number of nitrogens with zero attached hydrogens (tertiary/aromatic N) is 2. The molecule has 0 bridgehead atoms. The van der Waals surface area contributed by atoms with Crippen LogP contribution in [0, 0.1) is 23.7 Å². The number of methoxy groups -OCH3 is 1. The van der Waals surface area contributed by atoms with Gasteiger partial charge in [-0.2, -0.15) is 5.26 Å². The van der Waals surface area contributed by atoms with E-state index in [0.29, 0.717) is 40.6 Å². The lowest BCUT2D eigenvalue weighted by Gasteiger charge is -2.44. The maximum Gasteiger partial charge on any atom is 0.162 e. The first-order valence-electron chi connectivity index (χ1n) is 10.5. The molecule has 0 spiro atoms. The van der Waals surface area contributed by atoms with Crippen molar-refractivity contribution in [3.63, 3.8) is 0 Å². The Bertz CT molecular complexity index is 1200. The average molecular weight is 448 g/mol. The van der Waals surface area contributed by atoms with Crippen LogP contribution >= 0.6 is 11.6 Å². The molecule has 0 fully saturated rings. The van der Waals surface area contributed by atoms with Crippen molar-refractivity contribution in [2.75, 3.05) is 12.0 Å². The first kappa shape index (κ1) is 22.0. The Morgan fingerprint density at radius 3 is 2.50 bits per heavy atom.